The second kappa shape index (κ2) is 1.65. The molecule has 0 amide bonds. The minimum absolute atomic E-state index is 0.0787. The van der Waals surface area contributed by atoms with Crippen LogP contribution in [-0.2, 0) is 0 Å². The SMILES string of the molecule is O=C(O)c1[c][nH]cn1. The van der Waals surface area contributed by atoms with Crippen LogP contribution < -0.4 is 0 Å². The molecule has 0 atom stereocenters. The Morgan fingerprint density at radius 1 is 2.00 bits per heavy atom. The second-order valence-corrected chi connectivity index (χ2v) is 1.18. The van der Waals surface area contributed by atoms with Gasteiger partial charge in [-0.05, 0) is 0 Å². The molecule has 0 fully saturated rings. The number of H-pyrrole nitrogens is 1. The number of carbonyl (C=O) groups is 1. The highest BCUT2D eigenvalue weighted by Gasteiger charge is 2.01. The normalized spacial score (nSPS) is 9.00. The van der Waals surface area contributed by atoms with Crippen LogP contribution in [0.2, 0.25) is 0 Å². The summed E-state index contributed by atoms with van der Waals surface area (Å²) < 4.78 is 0. The summed E-state index contributed by atoms with van der Waals surface area (Å²) in [5, 5.41) is 8.16. The molecule has 0 aliphatic heterocycles. The second-order valence-electron chi connectivity index (χ2n) is 1.18. The van der Waals surface area contributed by atoms with Crippen LogP contribution in [0.1, 0.15) is 10.5 Å². The van der Waals surface area contributed by atoms with E-state index in [1.54, 1.807) is 0 Å². The van der Waals surface area contributed by atoms with Crippen LogP contribution in [0.4, 0.5) is 0 Å². The number of hydrogen-bond acceptors (Lipinski definition) is 2. The number of aromatic carboxylic acids is 1. The first-order valence-corrected chi connectivity index (χ1v) is 1.95. The molecule has 2 N–H and O–H groups in total. The van der Waals surface area contributed by atoms with Crippen LogP contribution in [0.3, 0.4) is 0 Å². The van der Waals surface area contributed by atoms with E-state index in [2.05, 4.69) is 16.2 Å². The lowest BCUT2D eigenvalue weighted by Gasteiger charge is -1.76. The van der Waals surface area contributed by atoms with Crippen LogP contribution in [0.5, 0.6) is 0 Å². The number of imidazole rings is 1. The average Bonchev–Trinajstić information content (AvgIpc) is 2.12. The largest absolute Gasteiger partial charge is 0.476 e. The first kappa shape index (κ1) is 4.83. The third kappa shape index (κ3) is 0.676. The molecule has 0 bridgehead atoms. The van der Waals surface area contributed by atoms with Crippen LogP contribution in [0.15, 0.2) is 6.33 Å². The molecule has 1 aromatic heterocycles. The lowest BCUT2D eigenvalue weighted by Crippen LogP contribution is -1.94. The van der Waals surface area contributed by atoms with Gasteiger partial charge in [0.1, 0.15) is 0 Å². The quantitative estimate of drug-likeness (QED) is 0.532. The van der Waals surface area contributed by atoms with Gasteiger partial charge < -0.3 is 10.1 Å². The first-order valence-electron chi connectivity index (χ1n) is 1.95. The molecule has 1 heterocycles. The van der Waals surface area contributed by atoms with E-state index >= 15 is 0 Å². The molecular weight excluding hydrogens is 108 g/mol. The Kier molecular flexibility index (Phi) is 0.997. The van der Waals surface area contributed by atoms with E-state index in [-0.39, 0.29) is 5.69 Å². The third-order valence-corrected chi connectivity index (χ3v) is 0.651. The standard InChI is InChI=1S/C4H3N2O2/c7-4(8)3-1-5-2-6-3/h2H,(H,5,6)(H,7,8). The fourth-order valence-corrected chi connectivity index (χ4v) is 0.338. The smallest absolute Gasteiger partial charge is 0.356 e. The van der Waals surface area contributed by atoms with E-state index in [4.69, 9.17) is 5.11 Å². The first-order chi connectivity index (χ1) is 3.80. The van der Waals surface area contributed by atoms with E-state index in [1.165, 1.54) is 6.33 Å². The Balaban J connectivity index is 2.93. The summed E-state index contributed by atoms with van der Waals surface area (Å²) in [5.74, 6) is -1.06. The molecule has 0 saturated carbocycles. The summed E-state index contributed by atoms with van der Waals surface area (Å²) in [6.45, 7) is 0. The Labute approximate surface area is 45.2 Å². The van der Waals surface area contributed by atoms with Crippen LogP contribution >= 0.6 is 0 Å². The van der Waals surface area contributed by atoms with Gasteiger partial charge in [-0.3, -0.25) is 0 Å². The fraction of sp³-hybridized carbons (Fsp3) is 0. The van der Waals surface area contributed by atoms with Gasteiger partial charge in [0.05, 0.1) is 12.5 Å². The molecule has 1 radical (unpaired) electrons. The van der Waals surface area contributed by atoms with E-state index in [1.807, 2.05) is 0 Å². The van der Waals surface area contributed by atoms with Crippen molar-refractivity contribution >= 4 is 5.97 Å². The number of nitrogens with one attached hydrogen (secondary N) is 1. The van der Waals surface area contributed by atoms with Crippen molar-refractivity contribution in [2.45, 2.75) is 0 Å². The predicted molar refractivity (Wildman–Crippen MR) is 24.4 cm³/mol. The van der Waals surface area contributed by atoms with Crippen molar-refractivity contribution in [1.82, 2.24) is 9.97 Å². The molecule has 1 rings (SSSR count). The van der Waals surface area contributed by atoms with Crippen molar-refractivity contribution in [1.29, 1.82) is 0 Å². The van der Waals surface area contributed by atoms with E-state index in [9.17, 15) is 4.79 Å². The maximum atomic E-state index is 9.95. The highest BCUT2D eigenvalue weighted by Crippen LogP contribution is 1.85. The Morgan fingerprint density at radius 3 is 3.00 bits per heavy atom. The molecule has 0 saturated heterocycles. The van der Waals surface area contributed by atoms with Gasteiger partial charge in [-0.25, -0.2) is 9.78 Å². The van der Waals surface area contributed by atoms with Gasteiger partial charge in [0.15, 0.2) is 5.69 Å². The van der Waals surface area contributed by atoms with Crippen LogP contribution in [-0.4, -0.2) is 21.0 Å². The molecule has 41 valence electrons. The molecule has 0 aromatic carbocycles. The number of carboxylic acids is 1. The summed E-state index contributed by atoms with van der Waals surface area (Å²) in [6.07, 6.45) is 3.57. The van der Waals surface area contributed by atoms with Crippen molar-refractivity contribution < 1.29 is 9.90 Å². The number of aromatic amines is 1. The Bertz CT molecular complexity index is 180. The number of hydrogen-bond donors (Lipinski definition) is 2. The fourth-order valence-electron chi connectivity index (χ4n) is 0.338. The van der Waals surface area contributed by atoms with Gasteiger partial charge in [-0.1, -0.05) is 0 Å². The number of rotatable bonds is 1. The summed E-state index contributed by atoms with van der Waals surface area (Å²) in [6, 6.07) is 0. The van der Waals surface area contributed by atoms with Crippen molar-refractivity contribution in [3.05, 3.63) is 18.2 Å². The van der Waals surface area contributed by atoms with E-state index in [0.717, 1.165) is 0 Å². The highest BCUT2D eigenvalue weighted by atomic mass is 16.4. The zero-order valence-electron chi connectivity index (χ0n) is 3.88. The van der Waals surface area contributed by atoms with E-state index < -0.39 is 5.97 Å². The summed E-state index contributed by atoms with van der Waals surface area (Å²) in [7, 11) is 0. The van der Waals surface area contributed by atoms with Crippen molar-refractivity contribution in [3.63, 3.8) is 0 Å². The predicted octanol–water partition coefficient (Wildman–Crippen LogP) is -0.0919. The lowest BCUT2D eigenvalue weighted by atomic mass is 10.5. The zero-order chi connectivity index (χ0) is 5.98. The third-order valence-electron chi connectivity index (χ3n) is 0.651. The van der Waals surface area contributed by atoms with Crippen molar-refractivity contribution in [2.24, 2.45) is 0 Å². The van der Waals surface area contributed by atoms with Gasteiger partial charge in [0.2, 0.25) is 0 Å². The molecule has 0 aliphatic carbocycles. The minimum atomic E-state index is -1.06. The zero-order valence-corrected chi connectivity index (χ0v) is 3.88. The van der Waals surface area contributed by atoms with Crippen LogP contribution in [0, 0.1) is 6.20 Å². The van der Waals surface area contributed by atoms with Gasteiger partial charge >= 0.3 is 5.97 Å². The van der Waals surface area contributed by atoms with Crippen LogP contribution in [0.25, 0.3) is 0 Å². The molecule has 0 unspecified atom stereocenters. The molecule has 4 heteroatoms. The number of aromatic nitrogens is 2. The van der Waals surface area contributed by atoms with Gasteiger partial charge in [0, 0.05) is 0 Å². The van der Waals surface area contributed by atoms with Gasteiger partial charge in [-0.2, -0.15) is 0 Å². The molecule has 1 aromatic rings. The molecule has 4 nitrogen and oxygen atoms in total. The van der Waals surface area contributed by atoms with Gasteiger partial charge in [0.25, 0.3) is 0 Å². The molecule has 0 aliphatic rings. The average molecular weight is 111 g/mol. The highest BCUT2D eigenvalue weighted by molar-refractivity contribution is 5.84. The lowest BCUT2D eigenvalue weighted by molar-refractivity contribution is 0.0691. The van der Waals surface area contributed by atoms with E-state index in [0.29, 0.717) is 0 Å². The summed E-state index contributed by atoms with van der Waals surface area (Å²) in [5.41, 5.74) is -0.0787. The molecular formula is C4H3N2O2. The summed E-state index contributed by atoms with van der Waals surface area (Å²) in [4.78, 5) is 15.7. The topological polar surface area (TPSA) is 66.0 Å². The Hall–Kier alpha value is -1.32. The maximum Gasteiger partial charge on any atom is 0.356 e. The maximum absolute atomic E-state index is 9.95. The summed E-state index contributed by atoms with van der Waals surface area (Å²) >= 11 is 0. The molecule has 0 spiro atoms. The van der Waals surface area contributed by atoms with Crippen molar-refractivity contribution in [2.75, 3.05) is 0 Å². The molecule has 8 heavy (non-hydrogen) atoms. The number of carboxylic acid groups (broad SMARTS) is 1. The van der Waals surface area contributed by atoms with Crippen molar-refractivity contribution in [3.8, 4) is 0 Å². The Morgan fingerprint density at radius 2 is 2.75 bits per heavy atom. The van der Waals surface area contributed by atoms with Gasteiger partial charge in [-0.15, -0.1) is 0 Å². The minimum Gasteiger partial charge on any atom is -0.476 e. The number of nitrogens with zero attached hydrogens (tertiary/aromatic N) is 1. The monoisotopic (exact) mass is 111 g/mol.